The van der Waals surface area contributed by atoms with Crippen molar-refractivity contribution in [3.63, 3.8) is 0 Å². The number of Topliss-reactive ketones (excluding diaryl/α,β-unsaturated/α-hetero) is 1. The number of rotatable bonds is 4. The standard InChI is InChI=1S/C11H13FOS/c1-3-14-7-11(13)10-6-9(12)5-4-8(10)2/h4-6H,3,7H2,1-2H3. The van der Waals surface area contributed by atoms with E-state index in [1.54, 1.807) is 17.8 Å². The molecule has 1 aromatic carbocycles. The molecule has 0 saturated carbocycles. The van der Waals surface area contributed by atoms with Crippen molar-refractivity contribution in [1.82, 2.24) is 0 Å². The van der Waals surface area contributed by atoms with Crippen molar-refractivity contribution in [3.8, 4) is 0 Å². The van der Waals surface area contributed by atoms with Crippen LogP contribution in [0.3, 0.4) is 0 Å². The lowest BCUT2D eigenvalue weighted by Crippen LogP contribution is -2.05. The number of carbonyl (C=O) groups excluding carboxylic acids is 1. The van der Waals surface area contributed by atoms with Crippen LogP contribution in [0, 0.1) is 12.7 Å². The first-order valence-electron chi connectivity index (χ1n) is 4.52. The van der Waals surface area contributed by atoms with Crippen LogP contribution in [-0.2, 0) is 0 Å². The van der Waals surface area contributed by atoms with Crippen LogP contribution in [0.5, 0.6) is 0 Å². The third-order valence-electron chi connectivity index (χ3n) is 1.94. The molecule has 0 N–H and O–H groups in total. The summed E-state index contributed by atoms with van der Waals surface area (Å²) < 4.78 is 12.9. The third-order valence-corrected chi connectivity index (χ3v) is 2.81. The summed E-state index contributed by atoms with van der Waals surface area (Å²) in [6, 6.07) is 4.33. The number of hydrogen-bond acceptors (Lipinski definition) is 2. The second kappa shape index (κ2) is 5.15. The summed E-state index contributed by atoms with van der Waals surface area (Å²) in [6.45, 7) is 3.82. The van der Waals surface area contributed by atoms with Crippen LogP contribution in [0.25, 0.3) is 0 Å². The molecule has 0 amide bonds. The van der Waals surface area contributed by atoms with Gasteiger partial charge in [-0.05, 0) is 30.4 Å². The predicted octanol–water partition coefficient (Wildman–Crippen LogP) is 3.07. The van der Waals surface area contributed by atoms with Crippen molar-refractivity contribution < 1.29 is 9.18 Å². The van der Waals surface area contributed by atoms with Crippen LogP contribution in [0.15, 0.2) is 18.2 Å². The summed E-state index contributed by atoms with van der Waals surface area (Å²) in [4.78, 5) is 11.6. The maximum atomic E-state index is 12.9. The Morgan fingerprint density at radius 2 is 2.21 bits per heavy atom. The molecule has 3 heteroatoms. The second-order valence-electron chi connectivity index (χ2n) is 3.02. The topological polar surface area (TPSA) is 17.1 Å². The molecule has 0 radical (unpaired) electrons. The molecule has 0 unspecified atom stereocenters. The van der Waals surface area contributed by atoms with Gasteiger partial charge in [-0.1, -0.05) is 13.0 Å². The Labute approximate surface area is 87.7 Å². The molecule has 76 valence electrons. The van der Waals surface area contributed by atoms with Gasteiger partial charge in [0, 0.05) is 5.56 Å². The van der Waals surface area contributed by atoms with Crippen molar-refractivity contribution in [2.45, 2.75) is 13.8 Å². The monoisotopic (exact) mass is 212 g/mol. The quantitative estimate of drug-likeness (QED) is 0.713. The molecular formula is C11H13FOS. The molecule has 0 saturated heterocycles. The van der Waals surface area contributed by atoms with Gasteiger partial charge in [-0.3, -0.25) is 4.79 Å². The van der Waals surface area contributed by atoms with Crippen molar-refractivity contribution in [1.29, 1.82) is 0 Å². The molecule has 0 heterocycles. The minimum Gasteiger partial charge on any atom is -0.293 e. The Hall–Kier alpha value is -0.830. The first-order valence-corrected chi connectivity index (χ1v) is 5.67. The highest BCUT2D eigenvalue weighted by atomic mass is 32.2. The molecule has 0 atom stereocenters. The SMILES string of the molecule is CCSCC(=O)c1cc(F)ccc1C. The van der Waals surface area contributed by atoms with Crippen LogP contribution in [0.4, 0.5) is 4.39 Å². The highest BCUT2D eigenvalue weighted by Gasteiger charge is 2.09. The van der Waals surface area contributed by atoms with E-state index in [4.69, 9.17) is 0 Å². The van der Waals surface area contributed by atoms with Gasteiger partial charge in [-0.25, -0.2) is 4.39 Å². The molecule has 1 rings (SSSR count). The molecular weight excluding hydrogens is 199 g/mol. The van der Waals surface area contributed by atoms with E-state index in [1.165, 1.54) is 12.1 Å². The van der Waals surface area contributed by atoms with E-state index < -0.39 is 0 Å². The Morgan fingerprint density at radius 1 is 1.50 bits per heavy atom. The fourth-order valence-electron chi connectivity index (χ4n) is 1.17. The molecule has 0 aliphatic heterocycles. The van der Waals surface area contributed by atoms with Crippen molar-refractivity contribution >= 4 is 17.5 Å². The largest absolute Gasteiger partial charge is 0.293 e. The Bertz CT molecular complexity index is 336. The molecule has 0 bridgehead atoms. The van der Waals surface area contributed by atoms with Crippen LogP contribution in [-0.4, -0.2) is 17.3 Å². The lowest BCUT2D eigenvalue weighted by molar-refractivity contribution is 0.102. The molecule has 0 aliphatic carbocycles. The molecule has 0 aromatic heterocycles. The molecule has 14 heavy (non-hydrogen) atoms. The zero-order chi connectivity index (χ0) is 10.6. The fraction of sp³-hybridized carbons (Fsp3) is 0.364. The minimum atomic E-state index is -0.347. The maximum Gasteiger partial charge on any atom is 0.173 e. The summed E-state index contributed by atoms with van der Waals surface area (Å²) in [5, 5.41) is 0. The second-order valence-corrected chi connectivity index (χ2v) is 4.29. The highest BCUT2D eigenvalue weighted by molar-refractivity contribution is 7.99. The van der Waals surface area contributed by atoms with Crippen LogP contribution >= 0.6 is 11.8 Å². The van der Waals surface area contributed by atoms with Crippen molar-refractivity contribution in [2.75, 3.05) is 11.5 Å². The average molecular weight is 212 g/mol. The number of aryl methyl sites for hydroxylation is 1. The first-order chi connectivity index (χ1) is 6.65. The van der Waals surface area contributed by atoms with Gasteiger partial charge >= 0.3 is 0 Å². The zero-order valence-electron chi connectivity index (χ0n) is 8.34. The smallest absolute Gasteiger partial charge is 0.173 e. The van der Waals surface area contributed by atoms with E-state index in [2.05, 4.69) is 0 Å². The summed E-state index contributed by atoms with van der Waals surface area (Å²) in [7, 11) is 0. The van der Waals surface area contributed by atoms with Gasteiger partial charge in [0.15, 0.2) is 5.78 Å². The van der Waals surface area contributed by atoms with Gasteiger partial charge in [0.05, 0.1) is 5.75 Å². The van der Waals surface area contributed by atoms with Gasteiger partial charge in [0.2, 0.25) is 0 Å². The Kier molecular flexibility index (Phi) is 4.14. The van der Waals surface area contributed by atoms with Gasteiger partial charge in [0.1, 0.15) is 5.82 Å². The molecule has 0 spiro atoms. The van der Waals surface area contributed by atoms with E-state index >= 15 is 0 Å². The van der Waals surface area contributed by atoms with E-state index in [0.717, 1.165) is 11.3 Å². The summed E-state index contributed by atoms with van der Waals surface area (Å²) in [5.74, 6) is 0.996. The van der Waals surface area contributed by atoms with Crippen LogP contribution in [0.1, 0.15) is 22.8 Å². The summed E-state index contributed by atoms with van der Waals surface area (Å²) in [6.07, 6.45) is 0. The molecule has 1 nitrogen and oxygen atoms in total. The molecule has 0 aliphatic rings. The van der Waals surface area contributed by atoms with Crippen molar-refractivity contribution in [2.24, 2.45) is 0 Å². The van der Waals surface area contributed by atoms with Crippen LogP contribution in [0.2, 0.25) is 0 Å². The number of carbonyl (C=O) groups is 1. The Balaban J connectivity index is 2.83. The van der Waals surface area contributed by atoms with Gasteiger partial charge < -0.3 is 0 Å². The van der Waals surface area contributed by atoms with E-state index in [9.17, 15) is 9.18 Å². The van der Waals surface area contributed by atoms with E-state index in [0.29, 0.717) is 11.3 Å². The zero-order valence-corrected chi connectivity index (χ0v) is 9.16. The fourth-order valence-corrected chi connectivity index (χ4v) is 1.71. The lowest BCUT2D eigenvalue weighted by Gasteiger charge is -2.03. The summed E-state index contributed by atoms with van der Waals surface area (Å²) in [5.41, 5.74) is 1.35. The first kappa shape index (κ1) is 11.2. The van der Waals surface area contributed by atoms with Gasteiger partial charge in [-0.2, -0.15) is 11.8 Å². The lowest BCUT2D eigenvalue weighted by atomic mass is 10.1. The molecule has 0 fully saturated rings. The average Bonchev–Trinajstić information content (AvgIpc) is 2.18. The van der Waals surface area contributed by atoms with Crippen LogP contribution < -0.4 is 0 Å². The number of hydrogen-bond donors (Lipinski definition) is 0. The number of thioether (sulfide) groups is 1. The van der Waals surface area contributed by atoms with Gasteiger partial charge in [0.25, 0.3) is 0 Å². The maximum absolute atomic E-state index is 12.9. The Morgan fingerprint density at radius 3 is 2.86 bits per heavy atom. The number of benzene rings is 1. The van der Waals surface area contributed by atoms with Crippen molar-refractivity contribution in [3.05, 3.63) is 35.1 Å². The predicted molar refractivity (Wildman–Crippen MR) is 58.5 cm³/mol. The normalized spacial score (nSPS) is 10.2. The number of halogens is 1. The van der Waals surface area contributed by atoms with E-state index in [-0.39, 0.29) is 11.6 Å². The minimum absolute atomic E-state index is 0.00819. The number of ketones is 1. The summed E-state index contributed by atoms with van der Waals surface area (Å²) >= 11 is 1.55. The third kappa shape index (κ3) is 2.84. The van der Waals surface area contributed by atoms with E-state index in [1.807, 2.05) is 13.8 Å². The highest BCUT2D eigenvalue weighted by Crippen LogP contribution is 2.13. The van der Waals surface area contributed by atoms with Gasteiger partial charge in [-0.15, -0.1) is 0 Å². The molecule has 1 aromatic rings.